The molecule has 3 rings (SSSR count). The number of hydrogen-bond acceptors (Lipinski definition) is 5. The van der Waals surface area contributed by atoms with Crippen molar-refractivity contribution in [3.8, 4) is 0 Å². The number of anilines is 2. The third kappa shape index (κ3) is 3.23. The maximum Gasteiger partial charge on any atom is 0.225 e. The fraction of sp³-hybridized carbons (Fsp3) is 0.500. The molecule has 0 saturated heterocycles. The zero-order valence-electron chi connectivity index (χ0n) is 12.6. The van der Waals surface area contributed by atoms with Crippen LogP contribution in [0.2, 0.25) is 0 Å². The molecule has 1 aromatic carbocycles. The molecule has 0 spiro atoms. The Balaban J connectivity index is 1.89. The SMILES string of the molecule is CCNc1nc(NC2CCC(SC)C2)c2ccccc2n1. The van der Waals surface area contributed by atoms with Crippen molar-refractivity contribution in [2.75, 3.05) is 23.4 Å². The third-order valence-corrected chi connectivity index (χ3v) is 5.09. The van der Waals surface area contributed by atoms with Gasteiger partial charge in [0.15, 0.2) is 0 Å². The van der Waals surface area contributed by atoms with Crippen LogP contribution >= 0.6 is 11.8 Å². The van der Waals surface area contributed by atoms with E-state index >= 15 is 0 Å². The van der Waals surface area contributed by atoms with Gasteiger partial charge in [0.1, 0.15) is 5.82 Å². The molecular weight excluding hydrogens is 280 g/mol. The molecule has 1 aliphatic carbocycles. The molecule has 1 aromatic heterocycles. The molecule has 2 aromatic rings. The van der Waals surface area contributed by atoms with Crippen molar-refractivity contribution in [1.82, 2.24) is 9.97 Å². The largest absolute Gasteiger partial charge is 0.367 e. The van der Waals surface area contributed by atoms with E-state index in [1.165, 1.54) is 19.3 Å². The van der Waals surface area contributed by atoms with E-state index in [2.05, 4.69) is 39.8 Å². The molecule has 0 radical (unpaired) electrons. The lowest BCUT2D eigenvalue weighted by Crippen LogP contribution is -2.18. The average Bonchev–Trinajstić information content (AvgIpc) is 2.95. The van der Waals surface area contributed by atoms with Crippen LogP contribution in [0.25, 0.3) is 10.9 Å². The Labute approximate surface area is 130 Å². The minimum atomic E-state index is 0.523. The molecule has 5 heteroatoms. The highest BCUT2D eigenvalue weighted by molar-refractivity contribution is 7.99. The van der Waals surface area contributed by atoms with E-state index in [-0.39, 0.29) is 0 Å². The molecule has 1 fully saturated rings. The zero-order chi connectivity index (χ0) is 14.7. The minimum absolute atomic E-state index is 0.523. The topological polar surface area (TPSA) is 49.8 Å². The summed E-state index contributed by atoms with van der Waals surface area (Å²) >= 11 is 1.98. The number of fused-ring (bicyclic) bond motifs is 1. The highest BCUT2D eigenvalue weighted by atomic mass is 32.2. The van der Waals surface area contributed by atoms with E-state index < -0.39 is 0 Å². The molecule has 0 bridgehead atoms. The van der Waals surface area contributed by atoms with Crippen LogP contribution in [0.1, 0.15) is 26.2 Å². The Morgan fingerprint density at radius 2 is 2.10 bits per heavy atom. The summed E-state index contributed by atoms with van der Waals surface area (Å²) in [5.41, 5.74) is 0.991. The fourth-order valence-corrected chi connectivity index (χ4v) is 3.70. The Morgan fingerprint density at radius 3 is 2.86 bits per heavy atom. The smallest absolute Gasteiger partial charge is 0.225 e. The Bertz CT molecular complexity index is 616. The molecule has 1 heterocycles. The number of nitrogens with one attached hydrogen (secondary N) is 2. The highest BCUT2D eigenvalue weighted by Gasteiger charge is 2.24. The van der Waals surface area contributed by atoms with Gasteiger partial charge in [0.25, 0.3) is 0 Å². The van der Waals surface area contributed by atoms with E-state index in [0.29, 0.717) is 12.0 Å². The number of para-hydroxylation sites is 1. The molecule has 2 unspecified atom stereocenters. The predicted octanol–water partition coefficient (Wildman–Crippen LogP) is 3.76. The Hall–Kier alpha value is -1.49. The van der Waals surface area contributed by atoms with Crippen LogP contribution in [0.3, 0.4) is 0 Å². The summed E-state index contributed by atoms with van der Waals surface area (Å²) in [5, 5.41) is 8.75. The maximum absolute atomic E-state index is 4.66. The first kappa shape index (κ1) is 14.4. The van der Waals surface area contributed by atoms with Crippen LogP contribution in [0, 0.1) is 0 Å². The standard InChI is InChI=1S/C16H22N4S/c1-3-17-16-19-14-7-5-4-6-13(14)15(20-16)18-11-8-9-12(10-11)21-2/h4-7,11-12H,3,8-10H2,1-2H3,(H2,17,18,19,20). The molecule has 2 atom stereocenters. The first-order chi connectivity index (χ1) is 10.3. The van der Waals surface area contributed by atoms with E-state index in [1.807, 2.05) is 30.0 Å². The summed E-state index contributed by atoms with van der Waals surface area (Å²) in [6.45, 7) is 2.89. The number of nitrogens with zero attached hydrogens (tertiary/aromatic N) is 2. The van der Waals surface area contributed by atoms with Crippen molar-refractivity contribution < 1.29 is 0 Å². The van der Waals surface area contributed by atoms with Gasteiger partial charge in [0, 0.05) is 23.2 Å². The number of aromatic nitrogens is 2. The molecule has 4 nitrogen and oxygen atoms in total. The molecule has 112 valence electrons. The average molecular weight is 302 g/mol. The highest BCUT2D eigenvalue weighted by Crippen LogP contribution is 2.31. The van der Waals surface area contributed by atoms with Crippen molar-refractivity contribution in [3.05, 3.63) is 24.3 Å². The minimum Gasteiger partial charge on any atom is -0.367 e. The van der Waals surface area contributed by atoms with Crippen molar-refractivity contribution in [3.63, 3.8) is 0 Å². The van der Waals surface area contributed by atoms with Gasteiger partial charge in [-0.05, 0) is 44.6 Å². The first-order valence-corrected chi connectivity index (χ1v) is 8.89. The van der Waals surface area contributed by atoms with Gasteiger partial charge in [-0.25, -0.2) is 4.98 Å². The van der Waals surface area contributed by atoms with Gasteiger partial charge in [-0.1, -0.05) is 12.1 Å². The molecule has 1 aliphatic rings. The van der Waals surface area contributed by atoms with Gasteiger partial charge in [0.2, 0.25) is 5.95 Å². The predicted molar refractivity (Wildman–Crippen MR) is 92.3 cm³/mol. The lowest BCUT2D eigenvalue weighted by molar-refractivity contribution is 0.753. The number of hydrogen-bond donors (Lipinski definition) is 2. The van der Waals surface area contributed by atoms with E-state index in [0.717, 1.165) is 28.5 Å². The quantitative estimate of drug-likeness (QED) is 0.881. The molecule has 2 N–H and O–H groups in total. The summed E-state index contributed by atoms with van der Waals surface area (Å²) < 4.78 is 0. The van der Waals surface area contributed by atoms with Crippen LogP contribution in [-0.4, -0.2) is 34.1 Å². The van der Waals surface area contributed by atoms with E-state index in [4.69, 9.17) is 0 Å². The van der Waals surface area contributed by atoms with Crippen LogP contribution < -0.4 is 10.6 Å². The van der Waals surface area contributed by atoms with Gasteiger partial charge < -0.3 is 10.6 Å². The van der Waals surface area contributed by atoms with Gasteiger partial charge in [0.05, 0.1) is 5.52 Å². The van der Waals surface area contributed by atoms with E-state index in [9.17, 15) is 0 Å². The molecule has 0 amide bonds. The van der Waals surface area contributed by atoms with Crippen LogP contribution in [-0.2, 0) is 0 Å². The molecule has 0 aliphatic heterocycles. The molecule has 1 saturated carbocycles. The third-order valence-electron chi connectivity index (χ3n) is 4.00. The summed E-state index contributed by atoms with van der Waals surface area (Å²) in [6.07, 6.45) is 5.94. The number of benzene rings is 1. The van der Waals surface area contributed by atoms with Gasteiger partial charge in [-0.15, -0.1) is 0 Å². The molecular formula is C16H22N4S. The van der Waals surface area contributed by atoms with Gasteiger partial charge in [-0.3, -0.25) is 0 Å². The molecule has 21 heavy (non-hydrogen) atoms. The van der Waals surface area contributed by atoms with Crippen molar-refractivity contribution in [2.45, 2.75) is 37.5 Å². The van der Waals surface area contributed by atoms with Crippen LogP contribution in [0.4, 0.5) is 11.8 Å². The maximum atomic E-state index is 4.66. The first-order valence-electron chi connectivity index (χ1n) is 7.60. The number of thioether (sulfide) groups is 1. The van der Waals surface area contributed by atoms with Crippen LogP contribution in [0.15, 0.2) is 24.3 Å². The van der Waals surface area contributed by atoms with Crippen LogP contribution in [0.5, 0.6) is 0 Å². The second kappa shape index (κ2) is 6.52. The summed E-state index contributed by atoms with van der Waals surface area (Å²) in [5.74, 6) is 1.67. The normalized spacial score (nSPS) is 21.6. The summed E-state index contributed by atoms with van der Waals surface area (Å²) in [4.78, 5) is 9.23. The number of rotatable bonds is 5. The summed E-state index contributed by atoms with van der Waals surface area (Å²) in [6, 6.07) is 8.73. The monoisotopic (exact) mass is 302 g/mol. The Kier molecular flexibility index (Phi) is 4.48. The Morgan fingerprint density at radius 1 is 1.24 bits per heavy atom. The van der Waals surface area contributed by atoms with Gasteiger partial charge >= 0.3 is 0 Å². The second-order valence-electron chi connectivity index (χ2n) is 5.46. The lowest BCUT2D eigenvalue weighted by atomic mass is 10.2. The second-order valence-corrected chi connectivity index (χ2v) is 6.59. The zero-order valence-corrected chi connectivity index (χ0v) is 13.4. The lowest BCUT2D eigenvalue weighted by Gasteiger charge is -2.16. The van der Waals surface area contributed by atoms with Crippen molar-refractivity contribution in [1.29, 1.82) is 0 Å². The summed E-state index contributed by atoms with van der Waals surface area (Å²) in [7, 11) is 0. The fourth-order valence-electron chi connectivity index (χ4n) is 2.90. The van der Waals surface area contributed by atoms with Gasteiger partial charge in [-0.2, -0.15) is 16.7 Å². The van der Waals surface area contributed by atoms with E-state index in [1.54, 1.807) is 0 Å². The van der Waals surface area contributed by atoms with Crippen molar-refractivity contribution in [2.24, 2.45) is 0 Å². The van der Waals surface area contributed by atoms with Crippen molar-refractivity contribution >= 4 is 34.4 Å².